The maximum absolute atomic E-state index is 13.1. The largest absolute Gasteiger partial charge is 0.424 e. The van der Waals surface area contributed by atoms with Crippen LogP contribution in [0.2, 0.25) is 0 Å². The number of carbonyl (C=O) groups is 2. The van der Waals surface area contributed by atoms with E-state index in [9.17, 15) is 14.0 Å². The quantitative estimate of drug-likeness (QED) is 0.138. The van der Waals surface area contributed by atoms with Gasteiger partial charge in [0.05, 0.1) is 5.69 Å². The third kappa shape index (κ3) is 4.92. The van der Waals surface area contributed by atoms with Crippen LogP contribution in [0.4, 0.5) is 15.8 Å². The van der Waals surface area contributed by atoms with Gasteiger partial charge in [0.1, 0.15) is 11.5 Å². The molecular weight excluding hydrogens is 461 g/mol. The molecule has 0 atom stereocenters. The molecule has 0 radical (unpaired) electrons. The number of rotatable bonds is 5. The first kappa shape index (κ1) is 22.8. The van der Waals surface area contributed by atoms with Crippen molar-refractivity contribution in [3.05, 3.63) is 108 Å². The van der Waals surface area contributed by atoms with Crippen LogP contribution in [0.3, 0.4) is 0 Å². The van der Waals surface area contributed by atoms with Gasteiger partial charge in [-0.25, -0.2) is 14.2 Å². The Morgan fingerprint density at radius 3 is 2.44 bits per heavy atom. The molecule has 0 aliphatic carbocycles. The van der Waals surface area contributed by atoms with Crippen molar-refractivity contribution in [3.63, 3.8) is 0 Å². The number of nitrogens with zero attached hydrogens (tertiary/aromatic N) is 3. The lowest BCUT2D eigenvalue weighted by Gasteiger charge is -2.08. The number of aliphatic imine (C=N–C) groups is 1. The Bertz CT molecular complexity index is 1570. The SMILES string of the molecule is CC(=O)Oc1ccc2ccccc2c1N=Nc1ccc(C2=N/C(=C/c3ccc(F)cc3)C(=O)O2)cc1. The zero-order valence-corrected chi connectivity index (χ0v) is 19.0. The van der Waals surface area contributed by atoms with Crippen molar-refractivity contribution in [1.82, 2.24) is 0 Å². The Hall–Kier alpha value is -4.98. The van der Waals surface area contributed by atoms with Crippen LogP contribution in [0, 0.1) is 5.82 Å². The topological polar surface area (TPSA) is 89.7 Å². The van der Waals surface area contributed by atoms with Crippen molar-refractivity contribution in [2.75, 3.05) is 0 Å². The number of hydrogen-bond acceptors (Lipinski definition) is 7. The summed E-state index contributed by atoms with van der Waals surface area (Å²) in [6.07, 6.45) is 1.53. The molecule has 4 aromatic rings. The first-order valence-corrected chi connectivity index (χ1v) is 11.0. The molecule has 0 bridgehead atoms. The van der Waals surface area contributed by atoms with Crippen LogP contribution in [0.1, 0.15) is 18.1 Å². The van der Waals surface area contributed by atoms with Crippen LogP contribution in [-0.2, 0) is 14.3 Å². The van der Waals surface area contributed by atoms with E-state index in [4.69, 9.17) is 9.47 Å². The van der Waals surface area contributed by atoms with Gasteiger partial charge >= 0.3 is 11.9 Å². The van der Waals surface area contributed by atoms with Crippen LogP contribution < -0.4 is 4.74 Å². The van der Waals surface area contributed by atoms with Crippen LogP contribution in [0.5, 0.6) is 5.75 Å². The molecule has 36 heavy (non-hydrogen) atoms. The van der Waals surface area contributed by atoms with E-state index in [1.165, 1.54) is 25.1 Å². The van der Waals surface area contributed by atoms with E-state index in [-0.39, 0.29) is 17.4 Å². The van der Waals surface area contributed by atoms with Gasteiger partial charge in [-0.15, -0.1) is 5.11 Å². The lowest BCUT2D eigenvalue weighted by atomic mass is 10.1. The fraction of sp³-hybridized carbons (Fsp3) is 0.0357. The lowest BCUT2D eigenvalue weighted by Crippen LogP contribution is -2.05. The molecule has 4 aromatic carbocycles. The average Bonchev–Trinajstić information content (AvgIpc) is 3.24. The predicted molar refractivity (Wildman–Crippen MR) is 133 cm³/mol. The molecule has 5 rings (SSSR count). The Morgan fingerprint density at radius 2 is 1.69 bits per heavy atom. The summed E-state index contributed by atoms with van der Waals surface area (Å²) in [7, 11) is 0. The molecule has 7 nitrogen and oxygen atoms in total. The van der Waals surface area contributed by atoms with Gasteiger partial charge in [-0.3, -0.25) is 4.79 Å². The number of ether oxygens (including phenoxy) is 2. The highest BCUT2D eigenvalue weighted by molar-refractivity contribution is 6.12. The van der Waals surface area contributed by atoms with E-state index in [1.807, 2.05) is 30.3 Å². The van der Waals surface area contributed by atoms with E-state index in [0.29, 0.717) is 28.3 Å². The van der Waals surface area contributed by atoms with Gasteiger partial charge in [0.2, 0.25) is 5.90 Å². The number of hydrogen-bond donors (Lipinski definition) is 0. The molecule has 1 aliphatic heterocycles. The molecule has 0 amide bonds. The summed E-state index contributed by atoms with van der Waals surface area (Å²) in [5.74, 6) is -0.939. The van der Waals surface area contributed by atoms with Crippen LogP contribution >= 0.6 is 0 Å². The Labute approximate surface area is 205 Å². The third-order valence-electron chi connectivity index (χ3n) is 5.29. The molecule has 0 saturated carbocycles. The summed E-state index contributed by atoms with van der Waals surface area (Å²) in [5, 5.41) is 10.4. The minimum atomic E-state index is -0.591. The monoisotopic (exact) mass is 479 g/mol. The highest BCUT2D eigenvalue weighted by Crippen LogP contribution is 2.37. The Balaban J connectivity index is 1.40. The second-order valence-electron chi connectivity index (χ2n) is 7.86. The Morgan fingerprint density at radius 1 is 0.944 bits per heavy atom. The molecule has 0 N–H and O–H groups in total. The number of esters is 2. The highest BCUT2D eigenvalue weighted by atomic mass is 19.1. The van der Waals surface area contributed by atoms with E-state index < -0.39 is 11.9 Å². The molecule has 8 heteroatoms. The summed E-state index contributed by atoms with van der Waals surface area (Å²) in [6.45, 7) is 1.33. The van der Waals surface area contributed by atoms with Crippen molar-refractivity contribution in [2.24, 2.45) is 15.2 Å². The maximum atomic E-state index is 13.1. The van der Waals surface area contributed by atoms with Crippen LogP contribution in [0.25, 0.3) is 16.8 Å². The molecule has 1 heterocycles. The minimum absolute atomic E-state index is 0.120. The fourth-order valence-electron chi connectivity index (χ4n) is 3.60. The number of azo groups is 1. The fourth-order valence-corrected chi connectivity index (χ4v) is 3.60. The van der Waals surface area contributed by atoms with Crippen molar-refractivity contribution in [1.29, 1.82) is 0 Å². The van der Waals surface area contributed by atoms with E-state index >= 15 is 0 Å². The minimum Gasteiger partial charge on any atom is -0.424 e. The third-order valence-corrected chi connectivity index (χ3v) is 5.29. The maximum Gasteiger partial charge on any atom is 0.363 e. The van der Waals surface area contributed by atoms with E-state index in [0.717, 1.165) is 10.8 Å². The van der Waals surface area contributed by atoms with Gasteiger partial charge in [-0.2, -0.15) is 5.11 Å². The number of cyclic esters (lactones) is 1. The molecule has 0 unspecified atom stereocenters. The summed E-state index contributed by atoms with van der Waals surface area (Å²) >= 11 is 0. The van der Waals surface area contributed by atoms with Crippen molar-refractivity contribution >= 4 is 46.1 Å². The highest BCUT2D eigenvalue weighted by Gasteiger charge is 2.24. The summed E-state index contributed by atoms with van der Waals surface area (Å²) in [6, 6.07) is 23.6. The molecule has 0 spiro atoms. The normalized spacial score (nSPS) is 14.3. The van der Waals surface area contributed by atoms with Gasteiger partial charge in [0.25, 0.3) is 0 Å². The standard InChI is InChI=1S/C28H18FN3O4/c1-17(33)35-25-15-10-19-4-2-3-5-23(19)26(25)32-31-22-13-8-20(9-14-22)27-30-24(28(34)36-27)16-18-6-11-21(29)12-7-18/h2-16H,1H3/b24-16+,32-31?. The number of halogens is 1. The van der Waals surface area contributed by atoms with E-state index in [2.05, 4.69) is 15.2 Å². The molecule has 0 saturated heterocycles. The summed E-state index contributed by atoms with van der Waals surface area (Å²) in [5.41, 5.74) is 2.31. The van der Waals surface area contributed by atoms with Crippen molar-refractivity contribution in [2.45, 2.75) is 6.92 Å². The van der Waals surface area contributed by atoms with Gasteiger partial charge < -0.3 is 9.47 Å². The number of carbonyl (C=O) groups excluding carboxylic acids is 2. The first-order chi connectivity index (χ1) is 17.5. The Kier molecular flexibility index (Phi) is 6.15. The molecule has 176 valence electrons. The zero-order chi connectivity index (χ0) is 25.1. The van der Waals surface area contributed by atoms with Gasteiger partial charge in [-0.05, 0) is 59.5 Å². The number of benzene rings is 4. The number of fused-ring (bicyclic) bond motifs is 1. The molecular formula is C28H18FN3O4. The van der Waals surface area contributed by atoms with Crippen LogP contribution in [0.15, 0.2) is 106 Å². The lowest BCUT2D eigenvalue weighted by molar-refractivity contribution is -0.132. The molecule has 0 aromatic heterocycles. The van der Waals surface area contributed by atoms with Gasteiger partial charge in [-0.1, -0.05) is 42.5 Å². The first-order valence-electron chi connectivity index (χ1n) is 11.0. The zero-order valence-electron chi connectivity index (χ0n) is 19.0. The summed E-state index contributed by atoms with van der Waals surface area (Å²) < 4.78 is 23.7. The van der Waals surface area contributed by atoms with E-state index in [1.54, 1.807) is 42.5 Å². The average molecular weight is 479 g/mol. The predicted octanol–water partition coefficient (Wildman–Crippen LogP) is 6.66. The van der Waals surface area contributed by atoms with Crippen molar-refractivity contribution in [3.8, 4) is 5.75 Å². The smallest absolute Gasteiger partial charge is 0.363 e. The van der Waals surface area contributed by atoms with Crippen LogP contribution in [-0.4, -0.2) is 17.8 Å². The van der Waals surface area contributed by atoms with Crippen molar-refractivity contribution < 1.29 is 23.5 Å². The summed E-state index contributed by atoms with van der Waals surface area (Å²) in [4.78, 5) is 28.0. The second kappa shape index (κ2) is 9.71. The second-order valence-corrected chi connectivity index (χ2v) is 7.86. The molecule has 1 aliphatic rings. The van der Waals surface area contributed by atoms with Gasteiger partial charge in [0, 0.05) is 17.9 Å². The van der Waals surface area contributed by atoms with Gasteiger partial charge in [0.15, 0.2) is 11.4 Å². The molecule has 0 fully saturated rings.